The summed E-state index contributed by atoms with van der Waals surface area (Å²) in [7, 11) is 1.91. The summed E-state index contributed by atoms with van der Waals surface area (Å²) >= 11 is 0. The van der Waals surface area contributed by atoms with Crippen LogP contribution < -0.4 is 16.0 Å². The molecule has 8 nitrogen and oxygen atoms in total. The predicted octanol–water partition coefficient (Wildman–Crippen LogP) is 4.09. The number of nitriles is 1. The van der Waals surface area contributed by atoms with Gasteiger partial charge in [0.2, 0.25) is 0 Å². The van der Waals surface area contributed by atoms with E-state index >= 15 is 0 Å². The van der Waals surface area contributed by atoms with Crippen LogP contribution in [0.25, 0.3) is 11.1 Å². The van der Waals surface area contributed by atoms with Crippen LogP contribution in [0.5, 0.6) is 0 Å². The van der Waals surface area contributed by atoms with E-state index in [1.165, 1.54) is 5.56 Å². The Morgan fingerprint density at radius 3 is 2.69 bits per heavy atom. The first kappa shape index (κ1) is 22.6. The lowest BCUT2D eigenvalue weighted by molar-refractivity contribution is 0.451. The standard InChI is InChI=1S/C27H28N8/c1-18(23-9-8-19(11-28)13-29-23)12-31-26(20-6-4-3-5-7-20)25-16-30-24-10-21(14-32-27(24)34-25)22-15-33-35(2)17-22/h3-10,13-15,17-18,25-26,30-31H,12,16H2,1-2H3,(H,32,34)/t18-,25-,26-/m1/s1. The minimum Gasteiger partial charge on any atom is -0.380 e. The molecule has 3 atom stereocenters. The van der Waals surface area contributed by atoms with Gasteiger partial charge in [-0.05, 0) is 23.8 Å². The topological polar surface area (TPSA) is 103 Å². The molecule has 3 N–H and O–H groups in total. The zero-order valence-electron chi connectivity index (χ0n) is 19.8. The fraction of sp³-hybridized carbons (Fsp3) is 0.259. The third-order valence-corrected chi connectivity index (χ3v) is 6.39. The summed E-state index contributed by atoms with van der Waals surface area (Å²) in [6, 6.07) is 18.6. The molecular weight excluding hydrogens is 436 g/mol. The molecular formula is C27H28N8. The first-order chi connectivity index (χ1) is 17.1. The molecule has 0 spiro atoms. The van der Waals surface area contributed by atoms with E-state index in [0.29, 0.717) is 5.56 Å². The van der Waals surface area contributed by atoms with Crippen LogP contribution in [0.3, 0.4) is 0 Å². The maximum Gasteiger partial charge on any atom is 0.149 e. The monoisotopic (exact) mass is 464 g/mol. The molecule has 3 aromatic heterocycles. The van der Waals surface area contributed by atoms with Crippen molar-refractivity contribution in [1.29, 1.82) is 5.26 Å². The average Bonchev–Trinajstić information content (AvgIpc) is 3.35. The number of anilines is 2. The Labute approximate surface area is 205 Å². The van der Waals surface area contributed by atoms with E-state index in [2.05, 4.69) is 69.4 Å². The van der Waals surface area contributed by atoms with Crippen LogP contribution in [0.2, 0.25) is 0 Å². The highest BCUT2D eigenvalue weighted by Crippen LogP contribution is 2.32. The van der Waals surface area contributed by atoms with E-state index in [-0.39, 0.29) is 18.0 Å². The molecule has 1 aromatic carbocycles. The second-order valence-electron chi connectivity index (χ2n) is 8.94. The van der Waals surface area contributed by atoms with Crippen molar-refractivity contribution in [3.63, 3.8) is 0 Å². The van der Waals surface area contributed by atoms with Gasteiger partial charge >= 0.3 is 0 Å². The van der Waals surface area contributed by atoms with Crippen molar-refractivity contribution < 1.29 is 0 Å². The van der Waals surface area contributed by atoms with E-state index in [1.807, 2.05) is 43.8 Å². The maximum atomic E-state index is 9.03. The van der Waals surface area contributed by atoms with Gasteiger partial charge in [-0.1, -0.05) is 37.3 Å². The van der Waals surface area contributed by atoms with Gasteiger partial charge in [0.15, 0.2) is 0 Å². The minimum atomic E-state index is 0.0671. The van der Waals surface area contributed by atoms with E-state index in [9.17, 15) is 0 Å². The average molecular weight is 465 g/mol. The van der Waals surface area contributed by atoms with E-state index in [0.717, 1.165) is 41.4 Å². The van der Waals surface area contributed by atoms with Crippen LogP contribution in [0.15, 0.2) is 73.3 Å². The Hall–Kier alpha value is -4.22. The van der Waals surface area contributed by atoms with Gasteiger partial charge in [-0.15, -0.1) is 0 Å². The molecule has 176 valence electrons. The summed E-state index contributed by atoms with van der Waals surface area (Å²) in [5.41, 5.74) is 5.82. The first-order valence-corrected chi connectivity index (χ1v) is 11.7. The van der Waals surface area contributed by atoms with E-state index in [1.54, 1.807) is 10.9 Å². The number of pyridine rings is 2. The van der Waals surface area contributed by atoms with Crippen molar-refractivity contribution in [3.8, 4) is 17.2 Å². The molecule has 0 amide bonds. The second kappa shape index (κ2) is 9.95. The van der Waals surface area contributed by atoms with Gasteiger partial charge in [-0.2, -0.15) is 10.4 Å². The molecule has 0 aliphatic carbocycles. The number of rotatable bonds is 7. The summed E-state index contributed by atoms with van der Waals surface area (Å²) in [6.45, 7) is 3.64. The molecule has 0 fully saturated rings. The van der Waals surface area contributed by atoms with Gasteiger partial charge in [-0.3, -0.25) is 9.67 Å². The van der Waals surface area contributed by atoms with Crippen LogP contribution in [0, 0.1) is 11.3 Å². The van der Waals surface area contributed by atoms with Crippen molar-refractivity contribution in [2.75, 3.05) is 23.7 Å². The van der Waals surface area contributed by atoms with Crippen LogP contribution in [-0.2, 0) is 7.05 Å². The number of nitrogens with zero attached hydrogens (tertiary/aromatic N) is 5. The summed E-state index contributed by atoms with van der Waals surface area (Å²) in [4.78, 5) is 9.19. The molecule has 1 aliphatic heterocycles. The molecule has 0 radical (unpaired) electrons. The van der Waals surface area contributed by atoms with Crippen molar-refractivity contribution >= 4 is 11.5 Å². The Bertz CT molecular complexity index is 1320. The Kier molecular flexibility index (Phi) is 6.42. The third kappa shape index (κ3) is 5.00. The van der Waals surface area contributed by atoms with Crippen LogP contribution in [0.1, 0.15) is 35.7 Å². The van der Waals surface area contributed by atoms with Crippen molar-refractivity contribution in [3.05, 3.63) is 90.1 Å². The van der Waals surface area contributed by atoms with Crippen LogP contribution >= 0.6 is 0 Å². The van der Waals surface area contributed by atoms with Crippen LogP contribution in [-0.4, -0.2) is 38.9 Å². The summed E-state index contributed by atoms with van der Waals surface area (Å²) in [6.07, 6.45) is 7.36. The summed E-state index contributed by atoms with van der Waals surface area (Å²) in [5, 5.41) is 24.3. The number of aromatic nitrogens is 4. The zero-order valence-corrected chi connectivity index (χ0v) is 19.8. The zero-order chi connectivity index (χ0) is 24.2. The van der Waals surface area contributed by atoms with Crippen LogP contribution in [0.4, 0.5) is 11.5 Å². The molecule has 0 unspecified atom stereocenters. The molecule has 5 rings (SSSR count). The van der Waals surface area contributed by atoms with Crippen molar-refractivity contribution in [1.82, 2.24) is 25.1 Å². The molecule has 0 saturated heterocycles. The fourth-order valence-corrected chi connectivity index (χ4v) is 4.41. The SMILES string of the molecule is C[C@H](CN[C@H](c1ccccc1)[C@H]1CNc2cc(-c3cnn(C)c3)cnc2N1)c1ccc(C#N)cn1. The largest absolute Gasteiger partial charge is 0.380 e. The van der Waals surface area contributed by atoms with Gasteiger partial charge in [0.25, 0.3) is 0 Å². The summed E-state index contributed by atoms with van der Waals surface area (Å²) < 4.78 is 1.79. The van der Waals surface area contributed by atoms with Crippen molar-refractivity contribution in [2.45, 2.75) is 24.9 Å². The Balaban J connectivity index is 1.33. The highest BCUT2D eigenvalue weighted by Gasteiger charge is 2.28. The predicted molar refractivity (Wildman–Crippen MR) is 137 cm³/mol. The van der Waals surface area contributed by atoms with Gasteiger partial charge in [0.1, 0.15) is 11.9 Å². The number of benzene rings is 1. The Morgan fingerprint density at radius 1 is 1.11 bits per heavy atom. The summed E-state index contributed by atoms with van der Waals surface area (Å²) in [5.74, 6) is 1.04. The van der Waals surface area contributed by atoms with E-state index < -0.39 is 0 Å². The number of hydrogen-bond acceptors (Lipinski definition) is 7. The van der Waals surface area contributed by atoms with Crippen molar-refractivity contribution in [2.24, 2.45) is 7.05 Å². The van der Waals surface area contributed by atoms with E-state index in [4.69, 9.17) is 10.2 Å². The molecule has 35 heavy (non-hydrogen) atoms. The Morgan fingerprint density at radius 2 is 1.97 bits per heavy atom. The highest BCUT2D eigenvalue weighted by molar-refractivity contribution is 5.75. The minimum absolute atomic E-state index is 0.0671. The third-order valence-electron chi connectivity index (χ3n) is 6.39. The lowest BCUT2D eigenvalue weighted by atomic mass is 9.96. The maximum absolute atomic E-state index is 9.03. The van der Waals surface area contributed by atoms with Gasteiger partial charge in [0.05, 0.1) is 29.5 Å². The van der Waals surface area contributed by atoms with Gasteiger partial charge < -0.3 is 16.0 Å². The normalized spacial score (nSPS) is 16.3. The molecule has 0 bridgehead atoms. The molecule has 8 heteroatoms. The molecule has 1 aliphatic rings. The quantitative estimate of drug-likeness (QED) is 0.378. The smallest absolute Gasteiger partial charge is 0.149 e. The second-order valence-corrected chi connectivity index (χ2v) is 8.94. The number of nitrogens with one attached hydrogen (secondary N) is 3. The number of hydrogen-bond donors (Lipinski definition) is 3. The molecule has 4 heterocycles. The first-order valence-electron chi connectivity index (χ1n) is 11.7. The molecule has 4 aromatic rings. The highest BCUT2D eigenvalue weighted by atomic mass is 15.2. The number of fused-ring (bicyclic) bond motifs is 1. The lowest BCUT2D eigenvalue weighted by Gasteiger charge is -2.35. The lowest BCUT2D eigenvalue weighted by Crippen LogP contribution is -2.45. The van der Waals surface area contributed by atoms with Gasteiger partial charge in [-0.25, -0.2) is 4.98 Å². The van der Waals surface area contributed by atoms with Gasteiger partial charge in [0, 0.05) is 61.5 Å². The fourth-order valence-electron chi connectivity index (χ4n) is 4.41. The molecule has 0 saturated carbocycles. The number of aryl methyl sites for hydroxylation is 1.